The third-order valence-corrected chi connectivity index (χ3v) is 3.54. The molecule has 0 rings (SSSR count). The maximum atomic E-state index is 6.01. The number of rotatable bonds is 4. The highest BCUT2D eigenvalue weighted by Crippen LogP contribution is 2.32. The molecule has 0 aromatic rings. The van der Waals surface area contributed by atoms with Gasteiger partial charge in [-0.1, -0.05) is 34.6 Å². The smallest absolute Gasteiger partial charge is 0.0602 e. The second-order valence-corrected chi connectivity index (χ2v) is 7.42. The summed E-state index contributed by atoms with van der Waals surface area (Å²) in [6.45, 7) is 20.2. The van der Waals surface area contributed by atoms with Crippen molar-refractivity contribution in [3.05, 3.63) is 0 Å². The lowest BCUT2D eigenvalue weighted by Gasteiger charge is -2.34. The SMILES string of the molecule is CC(CC(C)C(C)(C)C)C(C)OC(C)(C)C. The van der Waals surface area contributed by atoms with E-state index in [1.807, 2.05) is 0 Å². The van der Waals surface area contributed by atoms with Gasteiger partial charge in [-0.3, -0.25) is 0 Å². The van der Waals surface area contributed by atoms with Crippen molar-refractivity contribution in [3.63, 3.8) is 0 Å². The Hall–Kier alpha value is -0.0400. The summed E-state index contributed by atoms with van der Waals surface area (Å²) in [5, 5.41) is 0. The molecule has 0 aliphatic heterocycles. The van der Waals surface area contributed by atoms with E-state index in [2.05, 4.69) is 62.3 Å². The van der Waals surface area contributed by atoms with Crippen molar-refractivity contribution in [3.8, 4) is 0 Å². The van der Waals surface area contributed by atoms with Gasteiger partial charge in [0.15, 0.2) is 0 Å². The maximum absolute atomic E-state index is 6.01. The summed E-state index contributed by atoms with van der Waals surface area (Å²) in [6.07, 6.45) is 1.57. The minimum Gasteiger partial charge on any atom is -0.373 e. The molecule has 0 saturated carbocycles. The van der Waals surface area contributed by atoms with Crippen LogP contribution in [0.15, 0.2) is 0 Å². The van der Waals surface area contributed by atoms with Crippen LogP contribution in [0, 0.1) is 17.3 Å². The van der Waals surface area contributed by atoms with Crippen molar-refractivity contribution in [2.24, 2.45) is 17.3 Å². The summed E-state index contributed by atoms with van der Waals surface area (Å²) >= 11 is 0. The zero-order valence-electron chi connectivity index (χ0n) is 12.8. The molecule has 1 heteroatoms. The first-order valence-corrected chi connectivity index (χ1v) is 6.61. The molecule has 0 N–H and O–H groups in total. The van der Waals surface area contributed by atoms with Gasteiger partial charge in [-0.2, -0.15) is 0 Å². The fourth-order valence-electron chi connectivity index (χ4n) is 1.78. The molecule has 0 bridgehead atoms. The molecule has 0 aromatic heterocycles. The van der Waals surface area contributed by atoms with Crippen LogP contribution in [0.2, 0.25) is 0 Å². The van der Waals surface area contributed by atoms with Gasteiger partial charge in [0, 0.05) is 0 Å². The molecule has 0 fully saturated rings. The maximum Gasteiger partial charge on any atom is 0.0602 e. The summed E-state index contributed by atoms with van der Waals surface area (Å²) in [7, 11) is 0. The minimum atomic E-state index is -0.0291. The van der Waals surface area contributed by atoms with E-state index in [9.17, 15) is 0 Å². The van der Waals surface area contributed by atoms with Crippen LogP contribution >= 0.6 is 0 Å². The molecule has 0 aliphatic carbocycles. The van der Waals surface area contributed by atoms with Gasteiger partial charge in [0.25, 0.3) is 0 Å². The Bertz CT molecular complexity index is 194. The largest absolute Gasteiger partial charge is 0.373 e. The number of hydrogen-bond donors (Lipinski definition) is 0. The fraction of sp³-hybridized carbons (Fsp3) is 1.00. The Balaban J connectivity index is 4.21. The summed E-state index contributed by atoms with van der Waals surface area (Å²) in [5.41, 5.74) is 0.369. The van der Waals surface area contributed by atoms with E-state index in [0.29, 0.717) is 17.4 Å². The predicted molar refractivity (Wildman–Crippen MR) is 72.7 cm³/mol. The van der Waals surface area contributed by atoms with Crippen LogP contribution in [0.3, 0.4) is 0 Å². The molecule has 0 amide bonds. The Morgan fingerprint density at radius 2 is 1.31 bits per heavy atom. The molecular formula is C15H32O. The van der Waals surface area contributed by atoms with Crippen LogP contribution in [0.4, 0.5) is 0 Å². The van der Waals surface area contributed by atoms with Crippen LogP contribution in [0.25, 0.3) is 0 Å². The molecule has 98 valence electrons. The Labute approximate surface area is 103 Å². The summed E-state index contributed by atoms with van der Waals surface area (Å²) < 4.78 is 6.01. The van der Waals surface area contributed by atoms with Gasteiger partial charge in [0.05, 0.1) is 11.7 Å². The van der Waals surface area contributed by atoms with E-state index in [4.69, 9.17) is 4.74 Å². The Morgan fingerprint density at radius 3 is 1.62 bits per heavy atom. The van der Waals surface area contributed by atoms with E-state index in [-0.39, 0.29) is 5.60 Å². The molecule has 0 spiro atoms. The lowest BCUT2D eigenvalue weighted by molar-refractivity contribution is -0.0779. The number of ether oxygens (including phenoxy) is 1. The molecule has 0 saturated heterocycles. The van der Waals surface area contributed by atoms with E-state index in [0.717, 1.165) is 5.92 Å². The standard InChI is InChI=1S/C15H32O/c1-11(10-12(2)14(4,5)6)13(3)16-15(7,8)9/h11-13H,10H2,1-9H3. The van der Waals surface area contributed by atoms with Gasteiger partial charge in [-0.05, 0) is 51.4 Å². The topological polar surface area (TPSA) is 9.23 Å². The van der Waals surface area contributed by atoms with Gasteiger partial charge in [0.2, 0.25) is 0 Å². The molecule has 0 radical (unpaired) electrons. The molecular weight excluding hydrogens is 196 g/mol. The molecule has 3 unspecified atom stereocenters. The molecule has 0 aliphatic rings. The van der Waals surface area contributed by atoms with Crippen LogP contribution in [0.5, 0.6) is 0 Å². The monoisotopic (exact) mass is 228 g/mol. The average Bonchev–Trinajstić information content (AvgIpc) is 1.98. The molecule has 3 atom stereocenters. The van der Waals surface area contributed by atoms with Gasteiger partial charge >= 0.3 is 0 Å². The number of hydrogen-bond acceptors (Lipinski definition) is 1. The first kappa shape index (κ1) is 16.0. The van der Waals surface area contributed by atoms with Crippen LogP contribution in [0.1, 0.15) is 68.7 Å². The third-order valence-electron chi connectivity index (χ3n) is 3.54. The predicted octanol–water partition coefficient (Wildman–Crippen LogP) is 4.90. The zero-order valence-corrected chi connectivity index (χ0v) is 12.8. The zero-order chi connectivity index (χ0) is 13.1. The minimum absolute atomic E-state index is 0.0291. The first-order chi connectivity index (χ1) is 6.93. The van der Waals surface area contributed by atoms with Gasteiger partial charge < -0.3 is 4.74 Å². The van der Waals surface area contributed by atoms with Crippen molar-refractivity contribution < 1.29 is 4.74 Å². The van der Waals surface area contributed by atoms with E-state index < -0.39 is 0 Å². The highest BCUT2D eigenvalue weighted by Gasteiger charge is 2.26. The second-order valence-electron chi connectivity index (χ2n) is 7.42. The second kappa shape index (κ2) is 5.53. The van der Waals surface area contributed by atoms with E-state index in [1.165, 1.54) is 6.42 Å². The normalized spacial score (nSPS) is 19.3. The van der Waals surface area contributed by atoms with Gasteiger partial charge in [0.1, 0.15) is 0 Å². The molecule has 0 aromatic carbocycles. The highest BCUT2D eigenvalue weighted by atomic mass is 16.5. The van der Waals surface area contributed by atoms with Crippen LogP contribution in [-0.4, -0.2) is 11.7 Å². The Kier molecular flexibility index (Phi) is 5.52. The lowest BCUT2D eigenvalue weighted by Crippen LogP contribution is -2.31. The van der Waals surface area contributed by atoms with Crippen molar-refractivity contribution in [1.29, 1.82) is 0 Å². The Morgan fingerprint density at radius 1 is 0.875 bits per heavy atom. The average molecular weight is 228 g/mol. The van der Waals surface area contributed by atoms with Crippen LogP contribution < -0.4 is 0 Å². The molecule has 1 nitrogen and oxygen atoms in total. The van der Waals surface area contributed by atoms with Crippen LogP contribution in [-0.2, 0) is 4.74 Å². The van der Waals surface area contributed by atoms with Crippen molar-refractivity contribution in [2.45, 2.75) is 80.4 Å². The van der Waals surface area contributed by atoms with Gasteiger partial charge in [-0.25, -0.2) is 0 Å². The van der Waals surface area contributed by atoms with Crippen molar-refractivity contribution >= 4 is 0 Å². The van der Waals surface area contributed by atoms with Gasteiger partial charge in [-0.15, -0.1) is 0 Å². The first-order valence-electron chi connectivity index (χ1n) is 6.61. The van der Waals surface area contributed by atoms with Crippen molar-refractivity contribution in [2.75, 3.05) is 0 Å². The van der Waals surface area contributed by atoms with E-state index in [1.54, 1.807) is 0 Å². The fourth-order valence-corrected chi connectivity index (χ4v) is 1.78. The summed E-state index contributed by atoms with van der Waals surface area (Å²) in [6, 6.07) is 0. The van der Waals surface area contributed by atoms with E-state index >= 15 is 0 Å². The third kappa shape index (κ3) is 6.52. The molecule has 0 heterocycles. The lowest BCUT2D eigenvalue weighted by atomic mass is 9.76. The summed E-state index contributed by atoms with van der Waals surface area (Å²) in [5.74, 6) is 1.35. The quantitative estimate of drug-likeness (QED) is 0.665. The molecule has 16 heavy (non-hydrogen) atoms. The summed E-state index contributed by atoms with van der Waals surface area (Å²) in [4.78, 5) is 0. The van der Waals surface area contributed by atoms with Crippen molar-refractivity contribution in [1.82, 2.24) is 0 Å². The highest BCUT2D eigenvalue weighted by molar-refractivity contribution is 4.75.